The summed E-state index contributed by atoms with van der Waals surface area (Å²) in [6.07, 6.45) is -0.433. The Balaban J connectivity index is 2.59. The molecule has 0 aromatic heterocycles. The summed E-state index contributed by atoms with van der Waals surface area (Å²) < 4.78 is 37.5. The van der Waals surface area contributed by atoms with Gasteiger partial charge in [-0.15, -0.1) is 0 Å². The minimum Gasteiger partial charge on any atom is -0.467 e. The summed E-state index contributed by atoms with van der Waals surface area (Å²) in [5.41, 5.74) is 0.100. The van der Waals surface area contributed by atoms with Crippen molar-refractivity contribution in [3.8, 4) is 6.07 Å². The van der Waals surface area contributed by atoms with Crippen molar-refractivity contribution in [3.63, 3.8) is 0 Å². The first kappa shape index (κ1) is 24.1. The molecule has 1 fully saturated rings. The molecule has 1 aromatic rings. The zero-order chi connectivity index (χ0) is 22.5. The highest BCUT2D eigenvalue weighted by Gasteiger charge is 2.54. The molecule has 4 atom stereocenters. The van der Waals surface area contributed by atoms with Crippen LogP contribution in [-0.4, -0.2) is 75.7 Å². The number of benzene rings is 1. The monoisotopic (exact) mass is 455 g/mol. The number of carbonyl (C=O) groups is 2. The molecule has 164 valence electrons. The van der Waals surface area contributed by atoms with E-state index in [0.29, 0.717) is 0 Å². The Morgan fingerprint density at radius 3 is 2.37 bits per heavy atom. The van der Waals surface area contributed by atoms with E-state index in [-0.39, 0.29) is 19.0 Å². The lowest BCUT2D eigenvalue weighted by Crippen LogP contribution is -2.48. The smallest absolute Gasteiger partial charge is 0.410 e. The summed E-state index contributed by atoms with van der Waals surface area (Å²) in [6, 6.07) is 9.34. The van der Waals surface area contributed by atoms with E-state index in [2.05, 4.69) is 0 Å². The number of esters is 1. The third kappa shape index (κ3) is 4.91. The van der Waals surface area contributed by atoms with Crippen molar-refractivity contribution >= 4 is 28.8 Å². The molecular formula is C19H26N3O6PS. The topological polar surface area (TPSA) is 117 Å². The van der Waals surface area contributed by atoms with E-state index in [1.54, 1.807) is 0 Å². The van der Waals surface area contributed by atoms with E-state index >= 15 is 0 Å². The van der Waals surface area contributed by atoms with E-state index < -0.39 is 46.6 Å². The Morgan fingerprint density at radius 2 is 1.87 bits per heavy atom. The van der Waals surface area contributed by atoms with Crippen LogP contribution in [0.5, 0.6) is 0 Å². The molecule has 9 nitrogen and oxygen atoms in total. The summed E-state index contributed by atoms with van der Waals surface area (Å²) in [7, 11) is -0.356. The van der Waals surface area contributed by atoms with Gasteiger partial charge in [-0.2, -0.15) is 5.26 Å². The molecule has 11 heteroatoms. The third-order valence-corrected chi connectivity index (χ3v) is 12.4. The van der Waals surface area contributed by atoms with Crippen molar-refractivity contribution < 1.29 is 27.5 Å². The van der Waals surface area contributed by atoms with Crippen molar-refractivity contribution in [2.75, 3.05) is 28.3 Å². The molecule has 1 aromatic carbocycles. The number of nitriles is 1. The molecule has 0 bridgehead atoms. The van der Waals surface area contributed by atoms with Crippen molar-refractivity contribution in [1.29, 1.82) is 5.26 Å². The van der Waals surface area contributed by atoms with Crippen LogP contribution < -0.4 is 0 Å². The Morgan fingerprint density at radius 1 is 1.23 bits per heavy atom. The molecular weight excluding hydrogens is 429 g/mol. The summed E-state index contributed by atoms with van der Waals surface area (Å²) >= 11 is 0. The molecule has 1 aliphatic rings. The van der Waals surface area contributed by atoms with Crippen LogP contribution in [0, 0.1) is 11.3 Å². The maximum Gasteiger partial charge on any atom is 0.410 e. The average molecular weight is 455 g/mol. The number of hydrogen-bond donors (Lipinski definition) is 0. The van der Waals surface area contributed by atoms with Gasteiger partial charge in [0.25, 0.3) is 0 Å². The maximum atomic E-state index is 13.3. The highest BCUT2D eigenvalue weighted by molar-refractivity contribution is 8.48. The third-order valence-electron chi connectivity index (χ3n) is 5.04. The molecule has 0 N–H and O–H groups in total. The van der Waals surface area contributed by atoms with Crippen LogP contribution >= 0.6 is 7.12 Å². The summed E-state index contributed by atoms with van der Waals surface area (Å²) in [6.45, 7) is 0. The van der Waals surface area contributed by atoms with Crippen LogP contribution in [0.2, 0.25) is 0 Å². The lowest BCUT2D eigenvalue weighted by molar-refractivity contribution is -0.145. The quantitative estimate of drug-likeness (QED) is 0.457. The number of ether oxygens (including phenoxy) is 2. The normalized spacial score (nSPS) is 22.4. The van der Waals surface area contributed by atoms with Gasteiger partial charge >= 0.3 is 12.1 Å². The van der Waals surface area contributed by atoms with Crippen LogP contribution in [0.25, 0.3) is 0 Å². The molecule has 1 amide bonds. The van der Waals surface area contributed by atoms with Gasteiger partial charge in [-0.3, -0.25) is 4.90 Å². The summed E-state index contributed by atoms with van der Waals surface area (Å²) in [5, 5.41) is 9.22. The standard InChI is InChI=1S/C19H26N3O6PS/c1-21(2)30(25,26)29(13-14-8-6-5-7-9-14)16-12-15(10-11-20)22(19(24)28-4)17(16)18(23)27-3/h5-9,15-17H,10,12-13H2,1-4H3. The van der Waals surface area contributed by atoms with Crippen LogP contribution in [0.1, 0.15) is 18.4 Å². The first-order valence-electron chi connectivity index (χ1n) is 9.23. The fourth-order valence-electron chi connectivity index (χ4n) is 3.60. The highest BCUT2D eigenvalue weighted by atomic mass is 32.8. The van der Waals surface area contributed by atoms with E-state index in [0.717, 1.165) is 9.87 Å². The minimum absolute atomic E-state index is 0.0460. The molecule has 1 aliphatic heterocycles. The van der Waals surface area contributed by atoms with E-state index in [1.165, 1.54) is 33.2 Å². The lowest BCUT2D eigenvalue weighted by atomic mass is 10.1. The summed E-state index contributed by atoms with van der Waals surface area (Å²) in [4.78, 5) is 26.4. The SMILES string of the molecule is COC(=O)C1C(P(Cc2ccccc2)S(=O)(=O)N(C)C)CC(CC#N)N1C(=O)OC. The molecule has 0 aliphatic carbocycles. The first-order chi connectivity index (χ1) is 14.2. The Kier molecular flexibility index (Phi) is 8.18. The van der Waals surface area contributed by atoms with E-state index in [9.17, 15) is 23.3 Å². The Hall–Kier alpha value is -2.21. The number of likely N-dealkylation sites (tertiary alicyclic amines) is 1. The van der Waals surface area contributed by atoms with Crippen LogP contribution in [-0.2, 0) is 30.1 Å². The van der Waals surface area contributed by atoms with Gasteiger partial charge in [-0.25, -0.2) is 22.3 Å². The Bertz CT molecular complexity index is 903. The van der Waals surface area contributed by atoms with Gasteiger partial charge in [0.15, 0.2) is 0 Å². The largest absolute Gasteiger partial charge is 0.467 e. The van der Waals surface area contributed by atoms with Gasteiger partial charge in [-0.1, -0.05) is 30.3 Å². The van der Waals surface area contributed by atoms with Gasteiger partial charge in [0.1, 0.15) is 6.04 Å². The molecule has 0 saturated carbocycles. The van der Waals surface area contributed by atoms with E-state index in [1.807, 2.05) is 36.4 Å². The van der Waals surface area contributed by atoms with Gasteiger partial charge < -0.3 is 9.47 Å². The second-order valence-electron chi connectivity index (χ2n) is 6.99. The zero-order valence-electron chi connectivity index (χ0n) is 17.4. The van der Waals surface area contributed by atoms with Crippen LogP contribution in [0.15, 0.2) is 30.3 Å². The molecule has 2 rings (SSSR count). The van der Waals surface area contributed by atoms with Crippen molar-refractivity contribution in [2.24, 2.45) is 0 Å². The molecule has 30 heavy (non-hydrogen) atoms. The molecule has 1 heterocycles. The predicted octanol–water partition coefficient (Wildman–Crippen LogP) is 2.14. The number of hydrogen-bond acceptors (Lipinski definition) is 7. The maximum absolute atomic E-state index is 13.3. The lowest BCUT2D eigenvalue weighted by Gasteiger charge is -2.32. The number of rotatable bonds is 7. The van der Waals surface area contributed by atoms with Crippen molar-refractivity contribution in [2.45, 2.75) is 36.7 Å². The second kappa shape index (κ2) is 10.2. The molecule has 1 saturated heterocycles. The van der Waals surface area contributed by atoms with Gasteiger partial charge in [0, 0.05) is 39.1 Å². The molecule has 4 unspecified atom stereocenters. The number of nitrogens with zero attached hydrogens (tertiary/aromatic N) is 3. The average Bonchev–Trinajstić information content (AvgIpc) is 3.10. The fourth-order valence-corrected chi connectivity index (χ4v) is 10.2. The number of amides is 1. The minimum atomic E-state index is -3.76. The van der Waals surface area contributed by atoms with Gasteiger partial charge in [0.05, 0.1) is 26.7 Å². The van der Waals surface area contributed by atoms with Gasteiger partial charge in [-0.05, 0) is 12.0 Å². The zero-order valence-corrected chi connectivity index (χ0v) is 19.1. The van der Waals surface area contributed by atoms with Crippen LogP contribution in [0.4, 0.5) is 4.79 Å². The second-order valence-corrected chi connectivity index (χ2v) is 13.2. The fraction of sp³-hybridized carbons (Fsp3) is 0.526. The van der Waals surface area contributed by atoms with Crippen molar-refractivity contribution in [3.05, 3.63) is 35.9 Å². The van der Waals surface area contributed by atoms with Crippen LogP contribution in [0.3, 0.4) is 0 Å². The van der Waals surface area contributed by atoms with Crippen molar-refractivity contribution in [1.82, 2.24) is 9.21 Å². The summed E-state index contributed by atoms with van der Waals surface area (Å²) in [5.74, 6) is -0.722. The van der Waals surface area contributed by atoms with E-state index in [4.69, 9.17) is 9.47 Å². The Labute approximate surface area is 178 Å². The number of methoxy groups -OCH3 is 2. The molecule has 0 spiro atoms. The highest BCUT2D eigenvalue weighted by Crippen LogP contribution is 2.58. The number of carbonyl (C=O) groups excluding carboxylic acids is 2. The molecule has 0 radical (unpaired) electrons. The first-order valence-corrected chi connectivity index (χ1v) is 12.9. The predicted molar refractivity (Wildman–Crippen MR) is 112 cm³/mol. The van der Waals surface area contributed by atoms with Gasteiger partial charge in [0.2, 0.25) is 9.64 Å².